The molecule has 0 saturated carbocycles. The van der Waals surface area contributed by atoms with E-state index in [4.69, 9.17) is 0 Å². The number of carbonyl (C=O) groups excluding carboxylic acids is 1. The number of halogens is 18. The van der Waals surface area contributed by atoms with Crippen molar-refractivity contribution >= 4 is 23.4 Å². The summed E-state index contributed by atoms with van der Waals surface area (Å²) in [4.78, 5) is 13.0. The zero-order chi connectivity index (χ0) is 31.7. The monoisotopic (exact) mass is 643 g/mol. The molecule has 0 bridgehead atoms. The molecular weight excluding hydrogens is 632 g/mol. The number of amides is 1. The number of hydrogen-bond acceptors (Lipinski definition) is 2. The van der Waals surface area contributed by atoms with Gasteiger partial charge in [-0.15, -0.1) is 11.8 Å². The minimum Gasteiger partial charge on any atom is -0.314 e. The van der Waals surface area contributed by atoms with Crippen LogP contribution in [0.5, 0.6) is 0 Å². The van der Waals surface area contributed by atoms with Crippen LogP contribution in [-0.4, -0.2) is 66.3 Å². The summed E-state index contributed by atoms with van der Waals surface area (Å²) in [5.41, 5.74) is -0.261. The highest BCUT2D eigenvalue weighted by molar-refractivity contribution is 8.00. The Morgan fingerprint density at radius 2 is 1.12 bits per heavy atom. The van der Waals surface area contributed by atoms with Gasteiger partial charge in [-0.1, -0.05) is 0 Å². The molecule has 230 valence electrons. The summed E-state index contributed by atoms with van der Waals surface area (Å²) < 4.78 is 240. The van der Waals surface area contributed by atoms with E-state index in [0.29, 0.717) is 6.07 Å². The van der Waals surface area contributed by atoms with Crippen molar-refractivity contribution in [3.8, 4) is 0 Å². The minimum absolute atomic E-state index is 0.0222. The quantitative estimate of drug-likeness (QED) is 0.241. The summed E-state index contributed by atoms with van der Waals surface area (Å²) in [6, 6.07) is 2.55. The lowest BCUT2D eigenvalue weighted by atomic mass is 9.88. The van der Waals surface area contributed by atoms with Crippen LogP contribution in [0, 0.1) is 5.82 Å². The topological polar surface area (TPSA) is 20.3 Å². The Morgan fingerprint density at radius 1 is 0.700 bits per heavy atom. The van der Waals surface area contributed by atoms with Crippen LogP contribution < -0.4 is 4.90 Å². The van der Waals surface area contributed by atoms with Gasteiger partial charge in [0, 0.05) is 30.5 Å². The lowest BCUT2D eigenvalue weighted by Crippen LogP contribution is -2.74. The van der Waals surface area contributed by atoms with Crippen molar-refractivity contribution in [1.29, 1.82) is 0 Å². The Balaban J connectivity index is 2.37. The van der Waals surface area contributed by atoms with E-state index >= 15 is 0 Å². The molecule has 2 rings (SSSR count). The molecular formula is C19H11F18NOS. The SMILES string of the molecule is CN1C(=O)C(SCCC(F)(F)C(F)(F)C(F)(F)C(F)(F)C(F)(F)C(F)(F)C(F)(F)C(F)(F)F)c2cc(F)ccc21. The molecule has 0 spiro atoms. The van der Waals surface area contributed by atoms with Crippen molar-refractivity contribution in [1.82, 2.24) is 0 Å². The number of likely N-dealkylation sites (N-methyl/N-ethyl adjacent to an activating group) is 1. The second-order valence-corrected chi connectivity index (χ2v) is 9.46. The molecule has 1 aromatic carbocycles. The van der Waals surface area contributed by atoms with E-state index in [1.165, 1.54) is 0 Å². The van der Waals surface area contributed by atoms with Crippen LogP contribution in [0.25, 0.3) is 0 Å². The average molecular weight is 643 g/mol. The highest BCUT2D eigenvalue weighted by Gasteiger charge is 2.95. The van der Waals surface area contributed by atoms with Crippen LogP contribution in [0.15, 0.2) is 18.2 Å². The predicted octanol–water partition coefficient (Wildman–Crippen LogP) is 7.98. The number of fused-ring (bicyclic) bond motifs is 1. The molecule has 0 radical (unpaired) electrons. The molecule has 1 heterocycles. The van der Waals surface area contributed by atoms with Crippen molar-refractivity contribution in [2.24, 2.45) is 0 Å². The standard InChI is InChI=1S/C19H11F18NOS/c1-38-9-3-2-7(20)6-8(9)10(11(38)39)40-5-4-12(21,22)13(23,24)14(25,26)15(27,28)16(29,30)17(31,32)18(33,34)19(35,36)37/h2-3,6,10H,4-5H2,1H3. The third-order valence-electron chi connectivity index (χ3n) is 5.68. The van der Waals surface area contributed by atoms with Crippen LogP contribution in [0.2, 0.25) is 0 Å². The normalized spacial score (nSPS) is 18.4. The first kappa shape index (κ1) is 34.0. The van der Waals surface area contributed by atoms with Gasteiger partial charge in [-0.3, -0.25) is 4.79 Å². The predicted molar refractivity (Wildman–Crippen MR) is 100 cm³/mol. The second kappa shape index (κ2) is 9.67. The zero-order valence-corrected chi connectivity index (χ0v) is 19.6. The molecule has 1 aromatic rings. The van der Waals surface area contributed by atoms with Crippen molar-refractivity contribution in [2.75, 3.05) is 17.7 Å². The van der Waals surface area contributed by atoms with Crippen molar-refractivity contribution < 1.29 is 83.8 Å². The lowest BCUT2D eigenvalue weighted by Gasteiger charge is -2.42. The van der Waals surface area contributed by atoms with Crippen LogP contribution in [-0.2, 0) is 4.79 Å². The van der Waals surface area contributed by atoms with E-state index in [9.17, 15) is 83.8 Å². The smallest absolute Gasteiger partial charge is 0.314 e. The summed E-state index contributed by atoms with van der Waals surface area (Å²) in [5, 5.41) is -1.66. The number of anilines is 1. The summed E-state index contributed by atoms with van der Waals surface area (Å²) in [5.74, 6) is -60.4. The Labute approximate surface area is 214 Å². The third kappa shape index (κ3) is 4.62. The van der Waals surface area contributed by atoms with Crippen molar-refractivity contribution in [3.05, 3.63) is 29.6 Å². The fourth-order valence-electron chi connectivity index (χ4n) is 3.29. The fraction of sp³-hybridized carbons (Fsp3) is 0.632. The molecule has 0 fully saturated rings. The molecule has 40 heavy (non-hydrogen) atoms. The van der Waals surface area contributed by atoms with Gasteiger partial charge in [0.25, 0.3) is 0 Å². The number of rotatable bonds is 10. The first-order chi connectivity index (χ1) is 17.5. The van der Waals surface area contributed by atoms with Gasteiger partial charge in [-0.25, -0.2) is 4.39 Å². The molecule has 1 amide bonds. The van der Waals surface area contributed by atoms with E-state index in [2.05, 4.69) is 0 Å². The Bertz CT molecular complexity index is 1130. The largest absolute Gasteiger partial charge is 0.460 e. The maximum Gasteiger partial charge on any atom is 0.460 e. The zero-order valence-electron chi connectivity index (χ0n) is 18.8. The van der Waals surface area contributed by atoms with Gasteiger partial charge in [0.1, 0.15) is 11.1 Å². The van der Waals surface area contributed by atoms with E-state index in [1.807, 2.05) is 0 Å². The van der Waals surface area contributed by atoms with Gasteiger partial charge in [0.05, 0.1) is 0 Å². The van der Waals surface area contributed by atoms with Gasteiger partial charge in [0.15, 0.2) is 0 Å². The minimum atomic E-state index is -8.69. The van der Waals surface area contributed by atoms with Gasteiger partial charge in [0.2, 0.25) is 5.91 Å². The van der Waals surface area contributed by atoms with E-state index in [0.717, 1.165) is 24.1 Å². The van der Waals surface area contributed by atoms with Crippen LogP contribution in [0.4, 0.5) is 84.7 Å². The number of benzene rings is 1. The highest BCUT2D eigenvalue weighted by Crippen LogP contribution is 2.64. The van der Waals surface area contributed by atoms with E-state index in [-0.39, 0.29) is 23.0 Å². The van der Waals surface area contributed by atoms with E-state index in [1.54, 1.807) is 0 Å². The van der Waals surface area contributed by atoms with Crippen molar-refractivity contribution in [2.45, 2.75) is 59.3 Å². The maximum absolute atomic E-state index is 14.1. The fourth-order valence-corrected chi connectivity index (χ4v) is 4.57. The van der Waals surface area contributed by atoms with E-state index < -0.39 is 76.8 Å². The summed E-state index contributed by atoms with van der Waals surface area (Å²) in [6.07, 6.45) is -10.5. The molecule has 21 heteroatoms. The number of hydrogen-bond donors (Lipinski definition) is 0. The molecule has 1 aliphatic rings. The Hall–Kier alpha value is -2.22. The molecule has 0 N–H and O–H groups in total. The Kier molecular flexibility index (Phi) is 8.22. The molecule has 1 atom stereocenters. The first-order valence-electron chi connectivity index (χ1n) is 9.94. The van der Waals surface area contributed by atoms with Gasteiger partial charge in [-0.2, -0.15) is 74.6 Å². The molecule has 0 aromatic heterocycles. The first-order valence-corrected chi connectivity index (χ1v) is 11.0. The van der Waals surface area contributed by atoms with Gasteiger partial charge >= 0.3 is 47.6 Å². The van der Waals surface area contributed by atoms with Crippen LogP contribution in [0.1, 0.15) is 17.2 Å². The van der Waals surface area contributed by atoms with Crippen LogP contribution in [0.3, 0.4) is 0 Å². The summed E-state index contributed by atoms with van der Waals surface area (Å²) >= 11 is -0.0716. The molecule has 1 unspecified atom stereocenters. The number of alkyl halides is 17. The van der Waals surface area contributed by atoms with Crippen LogP contribution >= 0.6 is 11.8 Å². The van der Waals surface area contributed by atoms with Crippen molar-refractivity contribution in [3.63, 3.8) is 0 Å². The lowest BCUT2D eigenvalue weighted by molar-refractivity contribution is -0.461. The van der Waals surface area contributed by atoms with Gasteiger partial charge in [-0.05, 0) is 18.2 Å². The molecule has 0 aliphatic carbocycles. The number of carbonyl (C=O) groups is 1. The molecule has 0 saturated heterocycles. The molecule has 1 aliphatic heterocycles. The second-order valence-electron chi connectivity index (χ2n) is 8.25. The number of nitrogens with zero attached hydrogens (tertiary/aromatic N) is 1. The molecule has 2 nitrogen and oxygen atoms in total. The highest BCUT2D eigenvalue weighted by atomic mass is 32.2. The average Bonchev–Trinajstić information content (AvgIpc) is 3.01. The maximum atomic E-state index is 14.1. The Morgan fingerprint density at radius 3 is 1.57 bits per heavy atom. The summed E-state index contributed by atoms with van der Waals surface area (Å²) in [7, 11) is 1.09. The summed E-state index contributed by atoms with van der Waals surface area (Å²) in [6.45, 7) is 0. The third-order valence-corrected chi connectivity index (χ3v) is 6.90. The number of thioether (sulfide) groups is 1. The van der Waals surface area contributed by atoms with Gasteiger partial charge < -0.3 is 4.90 Å².